The maximum atomic E-state index is 3.60. The molecule has 0 amide bonds. The lowest BCUT2D eigenvalue weighted by atomic mass is 9.86. The number of nitrogens with one attached hydrogen (secondary N) is 1. The molecule has 1 nitrogen and oxygen atoms in total. The van der Waals surface area contributed by atoms with Crippen molar-refractivity contribution in [3.63, 3.8) is 0 Å². The third kappa shape index (κ3) is 6.09. The Balaban J connectivity index is 2.75. The largest absolute Gasteiger partial charge is 0.314 e. The van der Waals surface area contributed by atoms with Gasteiger partial charge in [-0.15, -0.1) is 0 Å². The van der Waals surface area contributed by atoms with Gasteiger partial charge >= 0.3 is 0 Å². The first-order valence-corrected chi connectivity index (χ1v) is 8.34. The van der Waals surface area contributed by atoms with Gasteiger partial charge in [0.05, 0.1) is 0 Å². The summed E-state index contributed by atoms with van der Waals surface area (Å²) in [5, 5.41) is 3.60. The Morgan fingerprint density at radius 2 is 1.63 bits per heavy atom. The van der Waals surface area contributed by atoms with Crippen molar-refractivity contribution >= 4 is 15.9 Å². The van der Waals surface area contributed by atoms with Gasteiger partial charge in [0.15, 0.2) is 0 Å². The smallest absolute Gasteiger partial charge is 0.0175 e. The molecule has 0 aliphatic carbocycles. The molecule has 0 fully saturated rings. The molecule has 0 heterocycles. The zero-order chi connectivity index (χ0) is 14.3. The number of halogens is 1. The molecule has 0 saturated carbocycles. The van der Waals surface area contributed by atoms with Crippen LogP contribution in [-0.4, -0.2) is 12.6 Å². The molecule has 1 N–H and O–H groups in total. The summed E-state index contributed by atoms with van der Waals surface area (Å²) in [5.74, 6) is 1.46. The van der Waals surface area contributed by atoms with Gasteiger partial charge in [-0.25, -0.2) is 0 Å². The second kappa shape index (κ2) is 8.76. The van der Waals surface area contributed by atoms with Crippen molar-refractivity contribution in [3.8, 4) is 0 Å². The Hall–Kier alpha value is -0.340. The van der Waals surface area contributed by atoms with E-state index in [0.29, 0.717) is 12.0 Å². The Labute approximate surface area is 127 Å². The van der Waals surface area contributed by atoms with Crippen molar-refractivity contribution < 1.29 is 0 Å². The van der Waals surface area contributed by atoms with Gasteiger partial charge in [-0.05, 0) is 36.0 Å². The average Bonchev–Trinajstić information content (AvgIpc) is 2.40. The molecule has 1 aromatic carbocycles. The summed E-state index contributed by atoms with van der Waals surface area (Å²) in [4.78, 5) is 0. The van der Waals surface area contributed by atoms with E-state index in [4.69, 9.17) is 0 Å². The molecule has 0 spiro atoms. The molecule has 1 rings (SSSR count). The maximum absolute atomic E-state index is 3.60. The van der Waals surface area contributed by atoms with Gasteiger partial charge in [0.25, 0.3) is 0 Å². The molecule has 0 aliphatic rings. The molecular weight excluding hydrogens is 298 g/mol. The minimum absolute atomic E-state index is 0.555. The van der Waals surface area contributed by atoms with Crippen LogP contribution in [-0.2, 0) is 0 Å². The van der Waals surface area contributed by atoms with E-state index < -0.39 is 0 Å². The first kappa shape index (κ1) is 16.7. The summed E-state index contributed by atoms with van der Waals surface area (Å²) < 4.78 is 1.16. The van der Waals surface area contributed by atoms with E-state index in [9.17, 15) is 0 Å². The van der Waals surface area contributed by atoms with Crippen molar-refractivity contribution in [3.05, 3.63) is 34.3 Å². The Morgan fingerprint density at radius 3 is 2.11 bits per heavy atom. The second-order valence-electron chi connectivity index (χ2n) is 5.73. The predicted octanol–water partition coefficient (Wildman–Crippen LogP) is 5.36. The third-order valence-electron chi connectivity index (χ3n) is 3.89. The summed E-state index contributed by atoms with van der Waals surface area (Å²) in [6.45, 7) is 10.1. The van der Waals surface area contributed by atoms with Crippen molar-refractivity contribution in [2.24, 2.45) is 5.92 Å². The topological polar surface area (TPSA) is 12.0 Å². The highest BCUT2D eigenvalue weighted by Gasteiger charge is 2.16. The fourth-order valence-corrected chi connectivity index (χ4v) is 2.74. The molecule has 0 bridgehead atoms. The molecule has 2 heteroatoms. The number of benzene rings is 1. The highest BCUT2D eigenvalue weighted by Crippen LogP contribution is 2.28. The zero-order valence-corrected chi connectivity index (χ0v) is 14.3. The SMILES string of the molecule is CCC(CC)CC(CNC(C)C)c1ccc(Br)cc1. The lowest BCUT2D eigenvalue weighted by Gasteiger charge is -2.24. The van der Waals surface area contributed by atoms with E-state index in [1.807, 2.05) is 0 Å². The molecule has 0 saturated heterocycles. The normalized spacial score (nSPS) is 13.2. The summed E-state index contributed by atoms with van der Waals surface area (Å²) in [6.07, 6.45) is 3.85. The van der Waals surface area contributed by atoms with Crippen LogP contribution in [0.15, 0.2) is 28.7 Å². The molecule has 0 radical (unpaired) electrons. The Morgan fingerprint density at radius 1 is 1.05 bits per heavy atom. The van der Waals surface area contributed by atoms with Crippen molar-refractivity contribution in [2.75, 3.05) is 6.54 Å². The van der Waals surface area contributed by atoms with Gasteiger partial charge in [-0.2, -0.15) is 0 Å². The van der Waals surface area contributed by atoms with Gasteiger partial charge in [-0.3, -0.25) is 0 Å². The highest BCUT2D eigenvalue weighted by molar-refractivity contribution is 9.10. The summed E-state index contributed by atoms with van der Waals surface area (Å²) in [6, 6.07) is 9.40. The van der Waals surface area contributed by atoms with E-state index in [1.54, 1.807) is 0 Å². The van der Waals surface area contributed by atoms with Crippen molar-refractivity contribution in [1.29, 1.82) is 0 Å². The first-order valence-electron chi connectivity index (χ1n) is 7.55. The van der Waals surface area contributed by atoms with Crippen LogP contribution in [0.5, 0.6) is 0 Å². The lowest BCUT2D eigenvalue weighted by molar-refractivity contribution is 0.391. The minimum Gasteiger partial charge on any atom is -0.314 e. The predicted molar refractivity (Wildman–Crippen MR) is 88.7 cm³/mol. The van der Waals surface area contributed by atoms with Gasteiger partial charge in [0.2, 0.25) is 0 Å². The molecular formula is C17H28BrN. The molecule has 1 atom stereocenters. The highest BCUT2D eigenvalue weighted by atomic mass is 79.9. The molecule has 1 unspecified atom stereocenters. The van der Waals surface area contributed by atoms with Crippen molar-refractivity contribution in [2.45, 2.75) is 58.9 Å². The minimum atomic E-state index is 0.555. The monoisotopic (exact) mass is 325 g/mol. The van der Waals surface area contributed by atoms with Gasteiger partial charge in [-0.1, -0.05) is 68.6 Å². The standard InChI is InChI=1S/C17H28BrN/c1-5-14(6-2)11-16(12-19-13(3)4)15-7-9-17(18)10-8-15/h7-10,13-14,16,19H,5-6,11-12H2,1-4H3. The Bertz CT molecular complexity index is 341. The summed E-state index contributed by atoms with van der Waals surface area (Å²) in [5.41, 5.74) is 1.46. The maximum Gasteiger partial charge on any atom is 0.0175 e. The Kier molecular flexibility index (Phi) is 7.70. The zero-order valence-electron chi connectivity index (χ0n) is 12.7. The number of hydrogen-bond donors (Lipinski definition) is 1. The quantitative estimate of drug-likeness (QED) is 0.678. The molecule has 1 aromatic rings. The van der Waals surface area contributed by atoms with E-state index in [2.05, 4.69) is 73.2 Å². The van der Waals surface area contributed by atoms with Crippen LogP contribution in [0.3, 0.4) is 0 Å². The fraction of sp³-hybridized carbons (Fsp3) is 0.647. The van der Waals surface area contributed by atoms with Gasteiger partial charge in [0, 0.05) is 17.1 Å². The molecule has 0 aromatic heterocycles. The van der Waals surface area contributed by atoms with E-state index in [0.717, 1.165) is 16.9 Å². The van der Waals surface area contributed by atoms with Crippen LogP contribution >= 0.6 is 15.9 Å². The van der Waals surface area contributed by atoms with Gasteiger partial charge in [0.1, 0.15) is 0 Å². The van der Waals surface area contributed by atoms with E-state index in [-0.39, 0.29) is 0 Å². The van der Waals surface area contributed by atoms with Crippen molar-refractivity contribution in [1.82, 2.24) is 5.32 Å². The first-order chi connectivity index (χ1) is 9.06. The van der Waals surface area contributed by atoms with Crippen LogP contribution in [0.2, 0.25) is 0 Å². The van der Waals surface area contributed by atoms with Crippen LogP contribution in [0.25, 0.3) is 0 Å². The average molecular weight is 326 g/mol. The number of rotatable bonds is 8. The van der Waals surface area contributed by atoms with E-state index >= 15 is 0 Å². The third-order valence-corrected chi connectivity index (χ3v) is 4.42. The van der Waals surface area contributed by atoms with Crippen LogP contribution in [0.4, 0.5) is 0 Å². The summed E-state index contributed by atoms with van der Waals surface area (Å²) in [7, 11) is 0. The van der Waals surface area contributed by atoms with Crippen LogP contribution < -0.4 is 5.32 Å². The van der Waals surface area contributed by atoms with Crippen LogP contribution in [0.1, 0.15) is 58.4 Å². The lowest BCUT2D eigenvalue weighted by Crippen LogP contribution is -2.29. The van der Waals surface area contributed by atoms with Gasteiger partial charge < -0.3 is 5.32 Å². The molecule has 108 valence electrons. The van der Waals surface area contributed by atoms with Crippen LogP contribution in [0, 0.1) is 5.92 Å². The number of hydrogen-bond acceptors (Lipinski definition) is 1. The fourth-order valence-electron chi connectivity index (χ4n) is 2.47. The summed E-state index contributed by atoms with van der Waals surface area (Å²) >= 11 is 3.52. The second-order valence-corrected chi connectivity index (χ2v) is 6.65. The molecule has 19 heavy (non-hydrogen) atoms. The van der Waals surface area contributed by atoms with E-state index in [1.165, 1.54) is 24.8 Å². The molecule has 0 aliphatic heterocycles.